The van der Waals surface area contributed by atoms with Crippen LogP contribution < -0.4 is 10.1 Å². The molecular weight excluding hydrogens is 708 g/mol. The standard InChI is InChI=1S/C47H53FN2O6/c1-31(2)43-42(45(52)49-38-20-14-15-21-39(38)53-30-32-16-10-8-11-17-32)41(33-18-12-9-13-19-33)44(34-22-24-35(48)25-23-34)50(43)27-26-36-28-37(55-47(6,7)54-36)29-40(51)56-46(3,4)5/h8-25,31,36-37H,26-30H2,1-7H3,(H,49,52)/t36-,37+/m0/s1. The molecule has 4 aromatic carbocycles. The summed E-state index contributed by atoms with van der Waals surface area (Å²) in [4.78, 5) is 27.8. The van der Waals surface area contributed by atoms with Crippen LogP contribution in [0.5, 0.6) is 5.75 Å². The molecule has 1 aromatic heterocycles. The van der Waals surface area contributed by atoms with E-state index >= 15 is 0 Å². The Morgan fingerprint density at radius 2 is 1.48 bits per heavy atom. The summed E-state index contributed by atoms with van der Waals surface area (Å²) in [5.41, 5.74) is 5.49. The molecule has 1 N–H and O–H groups in total. The van der Waals surface area contributed by atoms with E-state index in [1.165, 1.54) is 12.1 Å². The lowest BCUT2D eigenvalue weighted by Gasteiger charge is -2.41. The number of hydrogen-bond acceptors (Lipinski definition) is 6. The van der Waals surface area contributed by atoms with Gasteiger partial charge < -0.3 is 28.8 Å². The minimum atomic E-state index is -0.927. The first-order valence-corrected chi connectivity index (χ1v) is 19.4. The molecule has 294 valence electrons. The predicted molar refractivity (Wildman–Crippen MR) is 218 cm³/mol. The van der Waals surface area contributed by atoms with Gasteiger partial charge in [-0.05, 0) is 100 Å². The number of anilines is 1. The average molecular weight is 761 g/mol. The summed E-state index contributed by atoms with van der Waals surface area (Å²) >= 11 is 0. The average Bonchev–Trinajstić information content (AvgIpc) is 3.49. The topological polar surface area (TPSA) is 88.0 Å². The number of carbonyl (C=O) groups excluding carboxylic acids is 2. The monoisotopic (exact) mass is 760 g/mol. The van der Waals surface area contributed by atoms with E-state index in [4.69, 9.17) is 18.9 Å². The molecular formula is C47H53FN2O6. The van der Waals surface area contributed by atoms with Crippen LogP contribution in [0.15, 0.2) is 109 Å². The zero-order valence-electron chi connectivity index (χ0n) is 33.4. The van der Waals surface area contributed by atoms with E-state index in [2.05, 4.69) is 23.7 Å². The fourth-order valence-corrected chi connectivity index (χ4v) is 7.47. The van der Waals surface area contributed by atoms with Gasteiger partial charge in [0.15, 0.2) is 5.79 Å². The second-order valence-electron chi connectivity index (χ2n) is 16.1. The van der Waals surface area contributed by atoms with Gasteiger partial charge in [-0.2, -0.15) is 0 Å². The summed E-state index contributed by atoms with van der Waals surface area (Å²) in [6.07, 6.45) is 0.508. The van der Waals surface area contributed by atoms with Crippen LogP contribution in [0.25, 0.3) is 22.4 Å². The molecule has 8 nitrogen and oxygen atoms in total. The number of nitrogens with one attached hydrogen (secondary N) is 1. The molecule has 6 rings (SSSR count). The van der Waals surface area contributed by atoms with Gasteiger partial charge >= 0.3 is 5.97 Å². The Kier molecular flexibility index (Phi) is 12.5. The smallest absolute Gasteiger partial charge is 0.308 e. The van der Waals surface area contributed by atoms with Gasteiger partial charge in [0, 0.05) is 24.2 Å². The first-order chi connectivity index (χ1) is 26.7. The van der Waals surface area contributed by atoms with Crippen molar-refractivity contribution in [1.29, 1.82) is 0 Å². The molecule has 2 heterocycles. The molecule has 0 bridgehead atoms. The number of nitrogens with zero attached hydrogens (tertiary/aromatic N) is 1. The van der Waals surface area contributed by atoms with Crippen LogP contribution in [0, 0.1) is 5.82 Å². The molecule has 0 radical (unpaired) electrons. The maximum absolute atomic E-state index is 14.9. The van der Waals surface area contributed by atoms with Crippen molar-refractivity contribution in [2.45, 2.75) is 110 Å². The van der Waals surface area contributed by atoms with E-state index in [-0.39, 0.29) is 36.1 Å². The van der Waals surface area contributed by atoms with Gasteiger partial charge in [0.05, 0.1) is 35.6 Å². The van der Waals surface area contributed by atoms with E-state index < -0.39 is 17.5 Å². The molecule has 5 aromatic rings. The van der Waals surface area contributed by atoms with Gasteiger partial charge in [-0.1, -0.05) is 86.6 Å². The predicted octanol–water partition coefficient (Wildman–Crippen LogP) is 10.9. The van der Waals surface area contributed by atoms with Crippen molar-refractivity contribution in [1.82, 2.24) is 4.57 Å². The summed E-state index contributed by atoms with van der Waals surface area (Å²) in [5.74, 6) is -1.43. The first-order valence-electron chi connectivity index (χ1n) is 19.4. The molecule has 1 fully saturated rings. The number of halogens is 1. The summed E-state index contributed by atoms with van der Waals surface area (Å²) in [6, 6.07) is 33.6. The maximum atomic E-state index is 14.9. The van der Waals surface area contributed by atoms with Crippen molar-refractivity contribution >= 4 is 17.6 Å². The second-order valence-corrected chi connectivity index (χ2v) is 16.1. The third-order valence-electron chi connectivity index (χ3n) is 9.55. The second kappa shape index (κ2) is 17.3. The fourth-order valence-electron chi connectivity index (χ4n) is 7.47. The molecule has 2 atom stereocenters. The van der Waals surface area contributed by atoms with Gasteiger partial charge in [-0.25, -0.2) is 4.39 Å². The molecule has 0 aliphatic carbocycles. The Balaban J connectivity index is 1.41. The van der Waals surface area contributed by atoms with E-state index in [1.54, 1.807) is 12.1 Å². The minimum Gasteiger partial charge on any atom is -0.487 e. The Morgan fingerprint density at radius 3 is 2.14 bits per heavy atom. The molecule has 1 amide bonds. The lowest BCUT2D eigenvalue weighted by Crippen LogP contribution is -2.46. The van der Waals surface area contributed by atoms with E-state index in [0.29, 0.717) is 43.0 Å². The van der Waals surface area contributed by atoms with Crippen molar-refractivity contribution < 1.29 is 32.9 Å². The number of para-hydroxylation sites is 2. The molecule has 1 saturated heterocycles. The normalized spacial score (nSPS) is 16.7. The summed E-state index contributed by atoms with van der Waals surface area (Å²) in [7, 11) is 0. The number of benzene rings is 4. The molecule has 1 aliphatic heterocycles. The zero-order chi connectivity index (χ0) is 40.0. The number of rotatable bonds is 13. The SMILES string of the molecule is CC(C)c1c(C(=O)Nc2ccccc2OCc2ccccc2)c(-c2ccccc2)c(-c2ccc(F)cc2)n1CC[C@H]1C[C@H](CC(=O)OC(C)(C)C)OC(C)(C)O1. The van der Waals surface area contributed by atoms with Crippen LogP contribution in [0.1, 0.15) is 95.3 Å². The molecule has 0 unspecified atom stereocenters. The molecule has 0 spiro atoms. The number of ether oxygens (including phenoxy) is 4. The lowest BCUT2D eigenvalue weighted by atomic mass is 9.94. The lowest BCUT2D eigenvalue weighted by molar-refractivity contribution is -0.301. The minimum absolute atomic E-state index is 0.0936. The third-order valence-corrected chi connectivity index (χ3v) is 9.55. The van der Waals surface area contributed by atoms with E-state index in [1.807, 2.05) is 120 Å². The number of aromatic nitrogens is 1. The number of esters is 1. The van der Waals surface area contributed by atoms with Gasteiger partial charge in [0.2, 0.25) is 0 Å². The summed E-state index contributed by atoms with van der Waals surface area (Å²) in [5, 5.41) is 3.20. The third kappa shape index (κ3) is 10.1. The Morgan fingerprint density at radius 1 is 0.857 bits per heavy atom. The van der Waals surface area contributed by atoms with Crippen LogP contribution in [-0.4, -0.2) is 40.0 Å². The summed E-state index contributed by atoms with van der Waals surface area (Å²) < 4.78 is 41.2. The fraction of sp³-hybridized carbons (Fsp3) is 0.362. The molecule has 1 aliphatic rings. The molecule has 0 saturated carbocycles. The Hall–Kier alpha value is -5.25. The Labute approximate surface area is 329 Å². The largest absolute Gasteiger partial charge is 0.487 e. The quantitative estimate of drug-likeness (QED) is 0.120. The van der Waals surface area contributed by atoms with Crippen LogP contribution in [0.3, 0.4) is 0 Å². The highest BCUT2D eigenvalue weighted by Gasteiger charge is 2.38. The van der Waals surface area contributed by atoms with E-state index in [0.717, 1.165) is 33.6 Å². The van der Waals surface area contributed by atoms with E-state index in [9.17, 15) is 14.0 Å². The van der Waals surface area contributed by atoms with Gasteiger partial charge in [0.25, 0.3) is 5.91 Å². The van der Waals surface area contributed by atoms with Crippen LogP contribution in [0.2, 0.25) is 0 Å². The number of carbonyl (C=O) groups is 2. The van der Waals surface area contributed by atoms with Crippen molar-refractivity contribution in [3.63, 3.8) is 0 Å². The highest BCUT2D eigenvalue weighted by molar-refractivity contribution is 6.13. The number of hydrogen-bond donors (Lipinski definition) is 1. The van der Waals surface area contributed by atoms with Crippen LogP contribution in [-0.2, 0) is 32.2 Å². The van der Waals surface area contributed by atoms with Crippen molar-refractivity contribution in [2.24, 2.45) is 0 Å². The van der Waals surface area contributed by atoms with Crippen LogP contribution in [0.4, 0.5) is 10.1 Å². The molecule has 56 heavy (non-hydrogen) atoms. The van der Waals surface area contributed by atoms with Crippen molar-refractivity contribution in [2.75, 3.05) is 5.32 Å². The highest BCUT2D eigenvalue weighted by atomic mass is 19.1. The zero-order valence-corrected chi connectivity index (χ0v) is 33.4. The maximum Gasteiger partial charge on any atom is 0.308 e. The van der Waals surface area contributed by atoms with Crippen molar-refractivity contribution in [3.8, 4) is 28.1 Å². The summed E-state index contributed by atoms with van der Waals surface area (Å²) in [6.45, 7) is 14.2. The van der Waals surface area contributed by atoms with Crippen LogP contribution >= 0.6 is 0 Å². The Bertz CT molecular complexity index is 2100. The molecule has 9 heteroatoms. The van der Waals surface area contributed by atoms with Gasteiger partial charge in [-0.3, -0.25) is 9.59 Å². The van der Waals surface area contributed by atoms with Gasteiger partial charge in [0.1, 0.15) is 23.8 Å². The highest BCUT2D eigenvalue weighted by Crippen LogP contribution is 2.43. The van der Waals surface area contributed by atoms with Crippen molar-refractivity contribution in [3.05, 3.63) is 132 Å². The number of amides is 1. The van der Waals surface area contributed by atoms with Gasteiger partial charge in [-0.15, -0.1) is 0 Å². The first kappa shape index (κ1) is 40.4.